The van der Waals surface area contributed by atoms with E-state index in [1.54, 1.807) is 12.3 Å². The standard InChI is InChI=1S/C19H25N3O2/c1-4-24-19(2,3)9-10-21-18(23)8-5-14-11-15-6-7-16(20)12-17(15)22-13-14/h5-8,11-13H,4,9-10,20H2,1-3H3,(H,21,23)/b8-5+. The van der Waals surface area contributed by atoms with Crippen molar-refractivity contribution in [1.29, 1.82) is 0 Å². The lowest BCUT2D eigenvalue weighted by atomic mass is 10.1. The van der Waals surface area contributed by atoms with Crippen LogP contribution in [-0.4, -0.2) is 29.6 Å². The molecule has 0 bridgehead atoms. The number of nitrogen functional groups attached to an aromatic ring is 1. The maximum Gasteiger partial charge on any atom is 0.244 e. The summed E-state index contributed by atoms with van der Waals surface area (Å²) >= 11 is 0. The number of rotatable bonds is 7. The van der Waals surface area contributed by atoms with E-state index in [9.17, 15) is 4.79 Å². The van der Waals surface area contributed by atoms with E-state index < -0.39 is 0 Å². The third-order valence-electron chi connectivity index (χ3n) is 3.72. The fraction of sp³-hybridized carbons (Fsp3) is 0.368. The van der Waals surface area contributed by atoms with Gasteiger partial charge < -0.3 is 15.8 Å². The SMILES string of the molecule is CCOC(C)(C)CCNC(=O)/C=C/c1cnc2cc(N)ccc2c1. The zero-order valence-corrected chi connectivity index (χ0v) is 14.5. The number of anilines is 1. The zero-order chi connectivity index (χ0) is 17.6. The van der Waals surface area contributed by atoms with E-state index in [4.69, 9.17) is 10.5 Å². The number of nitrogens with zero attached hydrogens (tertiary/aromatic N) is 1. The van der Waals surface area contributed by atoms with E-state index in [2.05, 4.69) is 10.3 Å². The van der Waals surface area contributed by atoms with Crippen LogP contribution in [0.1, 0.15) is 32.8 Å². The smallest absolute Gasteiger partial charge is 0.244 e. The quantitative estimate of drug-likeness (QED) is 0.605. The van der Waals surface area contributed by atoms with Crippen LogP contribution in [0, 0.1) is 0 Å². The topological polar surface area (TPSA) is 77.2 Å². The molecule has 1 aromatic carbocycles. The average molecular weight is 327 g/mol. The van der Waals surface area contributed by atoms with Crippen LogP contribution >= 0.6 is 0 Å². The highest BCUT2D eigenvalue weighted by molar-refractivity contribution is 5.92. The summed E-state index contributed by atoms with van der Waals surface area (Å²) < 4.78 is 5.60. The summed E-state index contributed by atoms with van der Waals surface area (Å²) in [5, 5.41) is 3.86. The van der Waals surface area contributed by atoms with Gasteiger partial charge in [0.1, 0.15) is 0 Å². The van der Waals surface area contributed by atoms with Crippen LogP contribution in [0.15, 0.2) is 36.5 Å². The molecule has 0 aliphatic carbocycles. The Bertz CT molecular complexity index is 738. The second kappa shape index (κ2) is 7.93. The summed E-state index contributed by atoms with van der Waals surface area (Å²) in [5.74, 6) is -0.125. The minimum atomic E-state index is -0.226. The van der Waals surface area contributed by atoms with Gasteiger partial charge in [-0.2, -0.15) is 0 Å². The number of nitrogens with two attached hydrogens (primary N) is 1. The molecule has 1 amide bonds. The Morgan fingerprint density at radius 3 is 2.92 bits per heavy atom. The molecule has 0 saturated heterocycles. The molecule has 1 heterocycles. The highest BCUT2D eigenvalue weighted by atomic mass is 16.5. The second-order valence-electron chi connectivity index (χ2n) is 6.29. The van der Waals surface area contributed by atoms with Crippen molar-refractivity contribution in [3.63, 3.8) is 0 Å². The van der Waals surface area contributed by atoms with Crippen molar-refractivity contribution in [3.8, 4) is 0 Å². The lowest BCUT2D eigenvalue weighted by Crippen LogP contribution is -2.32. The summed E-state index contributed by atoms with van der Waals surface area (Å²) in [7, 11) is 0. The molecule has 0 aliphatic heterocycles. The molecule has 0 unspecified atom stereocenters. The van der Waals surface area contributed by atoms with Crippen molar-refractivity contribution in [2.75, 3.05) is 18.9 Å². The van der Waals surface area contributed by atoms with Crippen molar-refractivity contribution >= 4 is 28.6 Å². The maximum absolute atomic E-state index is 11.9. The van der Waals surface area contributed by atoms with Gasteiger partial charge in [0.25, 0.3) is 0 Å². The molecular weight excluding hydrogens is 302 g/mol. The van der Waals surface area contributed by atoms with E-state index in [1.807, 2.05) is 45.0 Å². The van der Waals surface area contributed by atoms with Gasteiger partial charge in [-0.25, -0.2) is 0 Å². The monoisotopic (exact) mass is 327 g/mol. The van der Waals surface area contributed by atoms with E-state index in [-0.39, 0.29) is 11.5 Å². The Morgan fingerprint density at radius 1 is 1.38 bits per heavy atom. The van der Waals surface area contributed by atoms with Gasteiger partial charge in [-0.1, -0.05) is 6.07 Å². The van der Waals surface area contributed by atoms with Gasteiger partial charge in [-0.05, 0) is 57.0 Å². The van der Waals surface area contributed by atoms with Crippen LogP contribution in [0.4, 0.5) is 5.69 Å². The first-order chi connectivity index (χ1) is 11.4. The molecule has 0 spiro atoms. The summed E-state index contributed by atoms with van der Waals surface area (Å²) in [6, 6.07) is 7.56. The Balaban J connectivity index is 1.90. The Hall–Kier alpha value is -2.40. The number of hydrogen-bond donors (Lipinski definition) is 2. The first kappa shape index (κ1) is 17.9. The van der Waals surface area contributed by atoms with Gasteiger partial charge in [0.05, 0.1) is 11.1 Å². The molecule has 0 radical (unpaired) electrons. The number of fused-ring (bicyclic) bond motifs is 1. The van der Waals surface area contributed by atoms with Crippen LogP contribution in [0.5, 0.6) is 0 Å². The fourth-order valence-corrected chi connectivity index (χ4v) is 2.43. The second-order valence-corrected chi connectivity index (χ2v) is 6.29. The number of benzene rings is 1. The lowest BCUT2D eigenvalue weighted by molar-refractivity contribution is -0.116. The molecule has 5 heteroatoms. The van der Waals surface area contributed by atoms with Crippen LogP contribution in [0.2, 0.25) is 0 Å². The Morgan fingerprint density at radius 2 is 2.17 bits per heavy atom. The fourth-order valence-electron chi connectivity index (χ4n) is 2.43. The van der Waals surface area contributed by atoms with Crippen LogP contribution in [-0.2, 0) is 9.53 Å². The maximum atomic E-state index is 11.9. The van der Waals surface area contributed by atoms with Gasteiger partial charge >= 0.3 is 0 Å². The number of pyridine rings is 1. The molecule has 0 aliphatic rings. The van der Waals surface area contributed by atoms with Crippen LogP contribution in [0.25, 0.3) is 17.0 Å². The Kier molecular flexibility index (Phi) is 5.93. The average Bonchev–Trinajstić information content (AvgIpc) is 2.52. The molecule has 3 N–H and O–H groups in total. The van der Waals surface area contributed by atoms with E-state index >= 15 is 0 Å². The number of nitrogens with one attached hydrogen (secondary N) is 1. The van der Waals surface area contributed by atoms with E-state index in [0.29, 0.717) is 18.8 Å². The number of aromatic nitrogens is 1. The summed E-state index contributed by atoms with van der Waals surface area (Å²) in [5.41, 5.74) is 7.92. The molecular formula is C19H25N3O2. The number of ether oxygens (including phenoxy) is 1. The number of carbonyl (C=O) groups is 1. The van der Waals surface area contributed by atoms with E-state index in [0.717, 1.165) is 22.9 Å². The van der Waals surface area contributed by atoms with Crippen molar-refractivity contribution < 1.29 is 9.53 Å². The number of amides is 1. The number of hydrogen-bond acceptors (Lipinski definition) is 4. The van der Waals surface area contributed by atoms with Gasteiger partial charge in [0.2, 0.25) is 5.91 Å². The highest BCUT2D eigenvalue weighted by Gasteiger charge is 2.16. The minimum Gasteiger partial charge on any atom is -0.399 e. The van der Waals surface area contributed by atoms with Crippen molar-refractivity contribution in [2.24, 2.45) is 0 Å². The third-order valence-corrected chi connectivity index (χ3v) is 3.72. The normalized spacial score (nSPS) is 12.0. The molecule has 128 valence electrons. The largest absolute Gasteiger partial charge is 0.399 e. The molecule has 2 rings (SSSR count). The summed E-state index contributed by atoms with van der Waals surface area (Å²) in [6.07, 6.45) is 5.77. The molecule has 0 fully saturated rings. The minimum absolute atomic E-state index is 0.125. The predicted molar refractivity (Wildman–Crippen MR) is 98.5 cm³/mol. The van der Waals surface area contributed by atoms with Gasteiger partial charge in [0.15, 0.2) is 0 Å². The van der Waals surface area contributed by atoms with Crippen LogP contribution < -0.4 is 11.1 Å². The summed E-state index contributed by atoms with van der Waals surface area (Å²) in [4.78, 5) is 16.2. The predicted octanol–water partition coefficient (Wildman–Crippen LogP) is 3.15. The number of carbonyl (C=O) groups excluding carboxylic acids is 1. The van der Waals surface area contributed by atoms with Gasteiger partial charge in [-0.15, -0.1) is 0 Å². The molecule has 24 heavy (non-hydrogen) atoms. The van der Waals surface area contributed by atoms with Gasteiger partial charge in [0, 0.05) is 36.5 Å². The zero-order valence-electron chi connectivity index (χ0n) is 14.5. The molecule has 5 nitrogen and oxygen atoms in total. The Labute approximate surface area is 142 Å². The molecule has 1 aromatic heterocycles. The first-order valence-electron chi connectivity index (χ1n) is 8.15. The van der Waals surface area contributed by atoms with Crippen LogP contribution in [0.3, 0.4) is 0 Å². The van der Waals surface area contributed by atoms with Crippen molar-refractivity contribution in [3.05, 3.63) is 42.1 Å². The lowest BCUT2D eigenvalue weighted by Gasteiger charge is -2.24. The van der Waals surface area contributed by atoms with E-state index in [1.165, 1.54) is 6.08 Å². The first-order valence-corrected chi connectivity index (χ1v) is 8.15. The molecule has 2 aromatic rings. The highest BCUT2D eigenvalue weighted by Crippen LogP contribution is 2.17. The molecule has 0 atom stereocenters. The van der Waals surface area contributed by atoms with Crippen molar-refractivity contribution in [2.45, 2.75) is 32.8 Å². The summed E-state index contributed by atoms with van der Waals surface area (Å²) in [6.45, 7) is 7.25. The van der Waals surface area contributed by atoms with Gasteiger partial charge in [-0.3, -0.25) is 9.78 Å². The third kappa shape index (κ3) is 5.35. The van der Waals surface area contributed by atoms with Crippen molar-refractivity contribution in [1.82, 2.24) is 10.3 Å². The molecule has 0 saturated carbocycles.